The molecule has 2 N–H and O–H groups in total. The van der Waals surface area contributed by atoms with Gasteiger partial charge in [0.15, 0.2) is 0 Å². The number of hydrogen-bond donors (Lipinski definition) is 2. The quantitative estimate of drug-likeness (QED) is 0.870. The molecule has 1 unspecified atom stereocenters. The van der Waals surface area contributed by atoms with E-state index in [1.54, 1.807) is 0 Å². The smallest absolute Gasteiger partial charge is 0.264 e. The maximum Gasteiger partial charge on any atom is 0.264 e. The molecule has 1 aromatic carbocycles. The van der Waals surface area contributed by atoms with Crippen molar-refractivity contribution < 1.29 is 4.79 Å². The molecular weight excluding hydrogens is 316 g/mol. The van der Waals surface area contributed by atoms with E-state index < -0.39 is 0 Å². The average molecular weight is 340 g/mol. The molecule has 3 rings (SSSR count). The molecule has 1 fully saturated rings. The molecule has 1 saturated heterocycles. The van der Waals surface area contributed by atoms with Crippen LogP contribution in [0.3, 0.4) is 0 Å². The van der Waals surface area contributed by atoms with Gasteiger partial charge in [-0.1, -0.05) is 36.8 Å². The second-order valence-corrected chi connectivity index (χ2v) is 6.63. The monoisotopic (exact) mass is 340 g/mol. The zero-order valence-corrected chi connectivity index (χ0v) is 14.3. The molecule has 0 bridgehead atoms. The summed E-state index contributed by atoms with van der Waals surface area (Å²) in [5.41, 5.74) is 1.26. The summed E-state index contributed by atoms with van der Waals surface area (Å²) in [6.07, 6.45) is 4.86. The Hall–Kier alpha value is -2.47. The summed E-state index contributed by atoms with van der Waals surface area (Å²) < 4.78 is 0. The van der Waals surface area contributed by atoms with Gasteiger partial charge in [-0.15, -0.1) is 0 Å². The van der Waals surface area contributed by atoms with Crippen LogP contribution in [-0.4, -0.2) is 40.6 Å². The van der Waals surface area contributed by atoms with Gasteiger partial charge >= 0.3 is 0 Å². The molecule has 1 amide bonds. The highest BCUT2D eigenvalue weighted by atomic mass is 16.2. The SMILES string of the molecule is O=C(NCC1CCCCN(Cc2ccccc2)C1)c1cn[nH]c(=O)c1. The van der Waals surface area contributed by atoms with Crippen LogP contribution in [0, 0.1) is 5.92 Å². The minimum absolute atomic E-state index is 0.238. The molecule has 25 heavy (non-hydrogen) atoms. The number of aromatic nitrogens is 2. The van der Waals surface area contributed by atoms with Crippen molar-refractivity contribution in [3.8, 4) is 0 Å². The van der Waals surface area contributed by atoms with Crippen LogP contribution >= 0.6 is 0 Å². The molecule has 2 aromatic rings. The topological polar surface area (TPSA) is 78.1 Å². The lowest BCUT2D eigenvalue weighted by Crippen LogP contribution is -2.36. The minimum Gasteiger partial charge on any atom is -0.352 e. The summed E-state index contributed by atoms with van der Waals surface area (Å²) in [6.45, 7) is 3.64. The van der Waals surface area contributed by atoms with Crippen molar-refractivity contribution in [3.05, 3.63) is 64.1 Å². The molecule has 1 aliphatic rings. The van der Waals surface area contributed by atoms with E-state index >= 15 is 0 Å². The van der Waals surface area contributed by atoms with E-state index in [0.717, 1.165) is 26.1 Å². The summed E-state index contributed by atoms with van der Waals surface area (Å²) in [5.74, 6) is 0.183. The molecule has 0 spiro atoms. The van der Waals surface area contributed by atoms with Gasteiger partial charge in [0.25, 0.3) is 11.5 Å². The van der Waals surface area contributed by atoms with Crippen LogP contribution in [-0.2, 0) is 6.54 Å². The van der Waals surface area contributed by atoms with Gasteiger partial charge in [-0.25, -0.2) is 5.10 Å². The van der Waals surface area contributed by atoms with Crippen LogP contribution in [0.2, 0.25) is 0 Å². The zero-order chi connectivity index (χ0) is 17.5. The highest BCUT2D eigenvalue weighted by molar-refractivity contribution is 5.93. The number of nitrogens with one attached hydrogen (secondary N) is 2. The standard InChI is InChI=1S/C19H24N4O2/c24-18-10-17(12-21-22-18)19(25)20-11-16-8-4-5-9-23(14-16)13-15-6-2-1-3-7-15/h1-3,6-7,10,12,16H,4-5,8-9,11,13-14H2,(H,20,25)(H,22,24). The zero-order valence-electron chi connectivity index (χ0n) is 14.3. The average Bonchev–Trinajstić information content (AvgIpc) is 2.85. The Morgan fingerprint density at radius 2 is 2.12 bits per heavy atom. The molecule has 0 radical (unpaired) electrons. The number of likely N-dealkylation sites (tertiary alicyclic amines) is 1. The lowest BCUT2D eigenvalue weighted by Gasteiger charge is -2.24. The van der Waals surface area contributed by atoms with Gasteiger partial charge in [0, 0.05) is 25.7 Å². The first kappa shape index (κ1) is 17.4. The van der Waals surface area contributed by atoms with E-state index in [1.807, 2.05) is 6.07 Å². The lowest BCUT2D eigenvalue weighted by molar-refractivity contribution is 0.0942. The maximum atomic E-state index is 12.2. The van der Waals surface area contributed by atoms with Crippen molar-refractivity contribution >= 4 is 5.91 Å². The highest BCUT2D eigenvalue weighted by Crippen LogP contribution is 2.18. The third-order valence-electron chi connectivity index (χ3n) is 4.58. The normalized spacial score (nSPS) is 18.5. The highest BCUT2D eigenvalue weighted by Gasteiger charge is 2.19. The Morgan fingerprint density at radius 3 is 2.92 bits per heavy atom. The van der Waals surface area contributed by atoms with Gasteiger partial charge in [-0.05, 0) is 30.9 Å². The molecule has 0 aliphatic carbocycles. The van der Waals surface area contributed by atoms with Crippen LogP contribution in [0.4, 0.5) is 0 Å². The van der Waals surface area contributed by atoms with Crippen LogP contribution in [0.15, 0.2) is 47.4 Å². The number of hydrogen-bond acceptors (Lipinski definition) is 4. The minimum atomic E-state index is -0.365. The van der Waals surface area contributed by atoms with Gasteiger partial charge in [-0.2, -0.15) is 5.10 Å². The third kappa shape index (κ3) is 5.26. The number of rotatable bonds is 5. The third-order valence-corrected chi connectivity index (χ3v) is 4.58. The fourth-order valence-electron chi connectivity index (χ4n) is 3.31. The van der Waals surface area contributed by atoms with Crippen molar-refractivity contribution in [1.29, 1.82) is 0 Å². The van der Waals surface area contributed by atoms with E-state index in [4.69, 9.17) is 0 Å². The van der Waals surface area contributed by atoms with Gasteiger partial charge in [-0.3, -0.25) is 14.5 Å². The van der Waals surface area contributed by atoms with Crippen LogP contribution in [0.25, 0.3) is 0 Å². The van der Waals surface area contributed by atoms with Gasteiger partial charge < -0.3 is 5.32 Å². The first-order valence-corrected chi connectivity index (χ1v) is 8.80. The molecule has 1 atom stereocenters. The van der Waals surface area contributed by atoms with E-state index in [1.165, 1.54) is 30.7 Å². The summed E-state index contributed by atoms with van der Waals surface area (Å²) in [5, 5.41) is 8.89. The summed E-state index contributed by atoms with van der Waals surface area (Å²) in [6, 6.07) is 11.8. The van der Waals surface area contributed by atoms with Crippen molar-refractivity contribution in [2.45, 2.75) is 25.8 Å². The molecular formula is C19H24N4O2. The second kappa shape index (κ2) is 8.58. The lowest BCUT2D eigenvalue weighted by atomic mass is 10.0. The number of amides is 1. The number of carbonyl (C=O) groups is 1. The van der Waals surface area contributed by atoms with E-state index in [-0.39, 0.29) is 11.5 Å². The van der Waals surface area contributed by atoms with Gasteiger partial charge in [0.05, 0.1) is 11.8 Å². The molecule has 132 valence electrons. The predicted molar refractivity (Wildman–Crippen MR) is 96.3 cm³/mol. The Bertz CT molecular complexity index is 744. The number of H-pyrrole nitrogens is 1. The summed E-state index contributed by atoms with van der Waals surface area (Å²) >= 11 is 0. The van der Waals surface area contributed by atoms with Crippen molar-refractivity contribution in [2.75, 3.05) is 19.6 Å². The van der Waals surface area contributed by atoms with Gasteiger partial charge in [0.2, 0.25) is 0 Å². The second-order valence-electron chi connectivity index (χ2n) is 6.63. The van der Waals surface area contributed by atoms with Crippen LogP contribution < -0.4 is 10.9 Å². The fraction of sp³-hybridized carbons (Fsp3) is 0.421. The van der Waals surface area contributed by atoms with Crippen LogP contribution in [0.1, 0.15) is 35.2 Å². The number of benzene rings is 1. The van der Waals surface area contributed by atoms with E-state index in [0.29, 0.717) is 18.0 Å². The molecule has 2 heterocycles. The first-order valence-electron chi connectivity index (χ1n) is 8.80. The van der Waals surface area contributed by atoms with Crippen molar-refractivity contribution in [3.63, 3.8) is 0 Å². The van der Waals surface area contributed by atoms with Crippen LogP contribution in [0.5, 0.6) is 0 Å². The molecule has 1 aromatic heterocycles. The molecule has 0 saturated carbocycles. The molecule has 6 heteroatoms. The number of aromatic amines is 1. The summed E-state index contributed by atoms with van der Waals surface area (Å²) in [7, 11) is 0. The van der Waals surface area contributed by atoms with Crippen molar-refractivity contribution in [2.24, 2.45) is 5.92 Å². The largest absolute Gasteiger partial charge is 0.352 e. The van der Waals surface area contributed by atoms with Gasteiger partial charge in [0.1, 0.15) is 0 Å². The Kier molecular flexibility index (Phi) is 5.95. The van der Waals surface area contributed by atoms with Crippen molar-refractivity contribution in [1.82, 2.24) is 20.4 Å². The number of carbonyl (C=O) groups excluding carboxylic acids is 1. The number of nitrogens with zero attached hydrogens (tertiary/aromatic N) is 2. The summed E-state index contributed by atoms with van der Waals surface area (Å²) in [4.78, 5) is 25.9. The Morgan fingerprint density at radius 1 is 1.28 bits per heavy atom. The molecule has 6 nitrogen and oxygen atoms in total. The molecule has 1 aliphatic heterocycles. The Balaban J connectivity index is 1.54. The van der Waals surface area contributed by atoms with E-state index in [2.05, 4.69) is 44.7 Å². The van der Waals surface area contributed by atoms with E-state index in [9.17, 15) is 9.59 Å². The predicted octanol–water partition coefficient (Wildman–Crippen LogP) is 1.80. The maximum absolute atomic E-state index is 12.2. The first-order chi connectivity index (χ1) is 12.2. The fourth-order valence-corrected chi connectivity index (χ4v) is 3.31. The Labute approximate surface area is 147 Å².